The number of nitrogens with zero attached hydrogens (tertiary/aromatic N) is 1. The Kier molecular flexibility index (Phi) is 5.38. The predicted molar refractivity (Wildman–Crippen MR) is 77.0 cm³/mol. The van der Waals surface area contributed by atoms with Crippen molar-refractivity contribution in [2.75, 3.05) is 13.7 Å². The third-order valence-corrected chi connectivity index (χ3v) is 3.98. The summed E-state index contributed by atoms with van der Waals surface area (Å²) in [5.41, 5.74) is 2.24. The van der Waals surface area contributed by atoms with E-state index in [0.29, 0.717) is 17.7 Å². The molecule has 6 nitrogen and oxygen atoms in total. The molecule has 0 unspecified atom stereocenters. The van der Waals surface area contributed by atoms with Crippen molar-refractivity contribution in [1.29, 1.82) is 0 Å². The van der Waals surface area contributed by atoms with Crippen LogP contribution >= 0.6 is 0 Å². The van der Waals surface area contributed by atoms with E-state index < -0.39 is 10.1 Å². The molecule has 1 N–H and O–H groups in total. The number of hydrogen-bond acceptors (Lipinski definition) is 5. The molecule has 7 heteroatoms. The van der Waals surface area contributed by atoms with Crippen molar-refractivity contribution in [3.63, 3.8) is 0 Å². The van der Waals surface area contributed by atoms with Crippen LogP contribution in [0.5, 0.6) is 0 Å². The topological polar surface area (TPSA) is 77.0 Å². The van der Waals surface area contributed by atoms with Gasteiger partial charge in [-0.3, -0.25) is 4.28 Å². The standard InChI is InChI=1S/C13H20N2O4S/c1-6-18-13(14-5)15-19-20(16,17)12-10(3)7-9(2)8-11(12)4/h7-8H,6H2,1-5H3,(H,14,15). The molecule has 0 aliphatic heterocycles. The number of benzene rings is 1. The summed E-state index contributed by atoms with van der Waals surface area (Å²) in [5, 5.41) is 6.08. The van der Waals surface area contributed by atoms with E-state index >= 15 is 0 Å². The Hall–Kier alpha value is -1.76. The van der Waals surface area contributed by atoms with Crippen LogP contribution in [0.1, 0.15) is 23.6 Å². The highest BCUT2D eigenvalue weighted by atomic mass is 32.2. The molecule has 0 aromatic heterocycles. The van der Waals surface area contributed by atoms with Gasteiger partial charge in [-0.1, -0.05) is 17.7 Å². The minimum absolute atomic E-state index is 0.0125. The van der Waals surface area contributed by atoms with Gasteiger partial charge in [0.1, 0.15) is 4.90 Å². The highest BCUT2D eigenvalue weighted by molar-refractivity contribution is 7.86. The molecule has 20 heavy (non-hydrogen) atoms. The first-order chi connectivity index (χ1) is 9.31. The fourth-order valence-electron chi connectivity index (χ4n) is 1.96. The molecule has 0 bridgehead atoms. The van der Waals surface area contributed by atoms with Gasteiger partial charge in [0.05, 0.1) is 6.61 Å². The van der Waals surface area contributed by atoms with Gasteiger partial charge in [0.2, 0.25) is 0 Å². The lowest BCUT2D eigenvalue weighted by Gasteiger charge is -2.11. The van der Waals surface area contributed by atoms with Crippen molar-refractivity contribution >= 4 is 16.1 Å². The van der Waals surface area contributed by atoms with E-state index in [4.69, 9.17) is 9.02 Å². The summed E-state index contributed by atoms with van der Waals surface area (Å²) in [7, 11) is -2.41. The lowest BCUT2D eigenvalue weighted by Crippen LogP contribution is -2.22. The summed E-state index contributed by atoms with van der Waals surface area (Å²) in [6.07, 6.45) is 0. The maximum Gasteiger partial charge on any atom is 0.359 e. The molecule has 0 amide bonds. The van der Waals surface area contributed by atoms with Crippen molar-refractivity contribution in [2.24, 2.45) is 5.16 Å². The summed E-state index contributed by atoms with van der Waals surface area (Å²) in [5.74, 6) is 0. The zero-order chi connectivity index (χ0) is 15.3. The SMILES string of the molecule is CCO/C(=N/OS(=O)(=O)c1c(C)cc(C)cc1C)NC. The van der Waals surface area contributed by atoms with E-state index in [2.05, 4.69) is 10.5 Å². The third kappa shape index (κ3) is 3.86. The zero-order valence-corrected chi connectivity index (χ0v) is 13.2. The van der Waals surface area contributed by atoms with Crippen LogP contribution in [0.3, 0.4) is 0 Å². The Balaban J connectivity index is 3.12. The third-order valence-electron chi connectivity index (χ3n) is 2.57. The number of nitrogens with one attached hydrogen (secondary N) is 1. The normalized spacial score (nSPS) is 12.2. The second-order valence-corrected chi connectivity index (χ2v) is 5.80. The van der Waals surface area contributed by atoms with Crippen molar-refractivity contribution in [3.8, 4) is 0 Å². The van der Waals surface area contributed by atoms with Crippen LogP contribution in [0.15, 0.2) is 22.2 Å². The van der Waals surface area contributed by atoms with E-state index in [9.17, 15) is 8.42 Å². The molecule has 1 aromatic carbocycles. The Bertz CT molecular complexity index is 586. The van der Waals surface area contributed by atoms with Crippen LogP contribution in [0.25, 0.3) is 0 Å². The largest absolute Gasteiger partial charge is 0.463 e. The van der Waals surface area contributed by atoms with Crippen molar-refractivity contribution in [3.05, 3.63) is 28.8 Å². The second kappa shape index (κ2) is 6.60. The Labute approximate surface area is 119 Å². The van der Waals surface area contributed by atoms with Gasteiger partial charge < -0.3 is 10.1 Å². The molecular weight excluding hydrogens is 280 g/mol. The number of rotatable bonds is 4. The molecule has 1 aromatic rings. The van der Waals surface area contributed by atoms with Gasteiger partial charge in [0.25, 0.3) is 0 Å². The van der Waals surface area contributed by atoms with Crippen LogP contribution in [-0.4, -0.2) is 28.1 Å². The van der Waals surface area contributed by atoms with Gasteiger partial charge in [0, 0.05) is 7.05 Å². The first-order valence-electron chi connectivity index (χ1n) is 6.21. The Morgan fingerprint density at radius 2 is 1.80 bits per heavy atom. The maximum atomic E-state index is 12.2. The smallest absolute Gasteiger partial charge is 0.359 e. The fraction of sp³-hybridized carbons (Fsp3) is 0.462. The molecule has 0 aliphatic rings. The number of ether oxygens (including phenoxy) is 1. The molecule has 0 aliphatic carbocycles. The van der Waals surface area contributed by atoms with Crippen molar-refractivity contribution < 1.29 is 17.4 Å². The van der Waals surface area contributed by atoms with Crippen LogP contribution < -0.4 is 5.32 Å². The summed E-state index contributed by atoms with van der Waals surface area (Å²) in [6.45, 7) is 7.47. The van der Waals surface area contributed by atoms with Crippen LogP contribution in [0, 0.1) is 20.8 Å². The first kappa shape index (κ1) is 16.3. The monoisotopic (exact) mass is 300 g/mol. The molecule has 112 valence electrons. The number of aryl methyl sites for hydroxylation is 3. The summed E-state index contributed by atoms with van der Waals surface area (Å²) < 4.78 is 34.1. The van der Waals surface area contributed by atoms with E-state index in [0.717, 1.165) is 5.56 Å². The quantitative estimate of drug-likeness (QED) is 0.521. The zero-order valence-electron chi connectivity index (χ0n) is 12.4. The number of oxime groups is 1. The van der Waals surface area contributed by atoms with Gasteiger partial charge >= 0.3 is 16.1 Å². The molecule has 0 spiro atoms. The lowest BCUT2D eigenvalue weighted by molar-refractivity contribution is 0.268. The maximum absolute atomic E-state index is 12.2. The van der Waals surface area contributed by atoms with E-state index in [1.54, 1.807) is 40.0 Å². The molecular formula is C13H20N2O4S. The fourth-order valence-corrected chi connectivity index (χ4v) is 3.11. The average molecular weight is 300 g/mol. The van der Waals surface area contributed by atoms with E-state index in [1.165, 1.54) is 0 Å². The van der Waals surface area contributed by atoms with Gasteiger partial charge in [-0.2, -0.15) is 8.42 Å². The van der Waals surface area contributed by atoms with E-state index in [1.807, 2.05) is 6.92 Å². The molecule has 1 rings (SSSR count). The highest BCUT2D eigenvalue weighted by Gasteiger charge is 2.22. The summed E-state index contributed by atoms with van der Waals surface area (Å²) in [4.78, 5) is 0.138. The second-order valence-electron chi connectivity index (χ2n) is 4.34. The Morgan fingerprint density at radius 3 is 2.25 bits per heavy atom. The van der Waals surface area contributed by atoms with Crippen LogP contribution in [0.4, 0.5) is 0 Å². The molecule has 0 radical (unpaired) electrons. The van der Waals surface area contributed by atoms with Gasteiger partial charge in [-0.25, -0.2) is 0 Å². The molecule has 0 saturated heterocycles. The van der Waals surface area contributed by atoms with Crippen molar-refractivity contribution in [2.45, 2.75) is 32.6 Å². The minimum atomic E-state index is -3.97. The Morgan fingerprint density at radius 1 is 1.25 bits per heavy atom. The van der Waals surface area contributed by atoms with Gasteiger partial charge in [-0.05, 0) is 44.0 Å². The molecule has 0 atom stereocenters. The predicted octanol–water partition coefficient (Wildman–Crippen LogP) is 1.84. The van der Waals surface area contributed by atoms with Crippen LogP contribution in [-0.2, 0) is 19.1 Å². The molecule has 0 fully saturated rings. The molecule has 0 heterocycles. The minimum Gasteiger partial charge on any atom is -0.463 e. The van der Waals surface area contributed by atoms with Crippen molar-refractivity contribution in [1.82, 2.24) is 5.32 Å². The van der Waals surface area contributed by atoms with Gasteiger partial charge in [-0.15, -0.1) is 0 Å². The van der Waals surface area contributed by atoms with Crippen LogP contribution in [0.2, 0.25) is 0 Å². The number of amidine groups is 1. The molecule has 0 saturated carbocycles. The van der Waals surface area contributed by atoms with Gasteiger partial charge in [0.15, 0.2) is 0 Å². The lowest BCUT2D eigenvalue weighted by atomic mass is 10.1. The number of hydrogen-bond donors (Lipinski definition) is 1. The van der Waals surface area contributed by atoms with E-state index in [-0.39, 0.29) is 10.9 Å². The first-order valence-corrected chi connectivity index (χ1v) is 7.62. The highest BCUT2D eigenvalue weighted by Crippen LogP contribution is 2.23. The summed E-state index contributed by atoms with van der Waals surface area (Å²) >= 11 is 0. The average Bonchev–Trinajstić information content (AvgIpc) is 2.32. The summed E-state index contributed by atoms with van der Waals surface area (Å²) in [6, 6.07) is 3.58.